The zero-order valence-electron chi connectivity index (χ0n) is 9.32. The predicted octanol–water partition coefficient (Wildman–Crippen LogP) is 2.83. The molecular weight excluding hydrogens is 224 g/mol. The highest BCUT2D eigenvalue weighted by Gasteiger charge is 2.23. The molecule has 2 atom stereocenters. The Labute approximate surface area is 99.9 Å². The third-order valence-electron chi connectivity index (χ3n) is 2.93. The molecule has 0 bridgehead atoms. The normalized spacial score (nSPS) is 26.0. The van der Waals surface area contributed by atoms with Crippen LogP contribution in [0.3, 0.4) is 0 Å². The second-order valence-electron chi connectivity index (χ2n) is 4.13. The standard InChI is InChI=1S/C11H18N2S2/c1-8-7-15-11(13-8)6-12-9-3-4-10(5-9)14-2/h7,9-10,12H,3-6H2,1-2H3. The number of nitrogens with zero attached hydrogens (tertiary/aromatic N) is 1. The van der Waals surface area contributed by atoms with Gasteiger partial charge in [-0.1, -0.05) is 0 Å². The number of thioether (sulfide) groups is 1. The summed E-state index contributed by atoms with van der Waals surface area (Å²) in [6, 6.07) is 0.714. The number of thiazole rings is 1. The molecule has 0 aromatic carbocycles. The fraction of sp³-hybridized carbons (Fsp3) is 0.727. The first-order valence-corrected chi connectivity index (χ1v) is 7.62. The van der Waals surface area contributed by atoms with Crippen LogP contribution in [0.4, 0.5) is 0 Å². The van der Waals surface area contributed by atoms with Crippen molar-refractivity contribution in [1.29, 1.82) is 0 Å². The lowest BCUT2D eigenvalue weighted by Crippen LogP contribution is -2.26. The van der Waals surface area contributed by atoms with Crippen LogP contribution >= 0.6 is 23.1 Å². The van der Waals surface area contributed by atoms with E-state index in [1.54, 1.807) is 11.3 Å². The van der Waals surface area contributed by atoms with E-state index in [2.05, 4.69) is 28.9 Å². The summed E-state index contributed by atoms with van der Waals surface area (Å²) in [6.07, 6.45) is 6.24. The molecule has 0 radical (unpaired) electrons. The second kappa shape index (κ2) is 5.32. The molecular formula is C11H18N2S2. The molecule has 1 heterocycles. The summed E-state index contributed by atoms with van der Waals surface area (Å²) in [5.74, 6) is 0. The van der Waals surface area contributed by atoms with Crippen LogP contribution in [0.5, 0.6) is 0 Å². The lowest BCUT2D eigenvalue weighted by atomic mass is 10.2. The number of rotatable bonds is 4. The zero-order valence-corrected chi connectivity index (χ0v) is 11.0. The summed E-state index contributed by atoms with van der Waals surface area (Å²) in [6.45, 7) is 3.00. The number of nitrogens with one attached hydrogen (secondary N) is 1. The van der Waals surface area contributed by atoms with Crippen LogP contribution in [-0.2, 0) is 6.54 Å². The van der Waals surface area contributed by atoms with E-state index < -0.39 is 0 Å². The van der Waals surface area contributed by atoms with Gasteiger partial charge in [-0.2, -0.15) is 11.8 Å². The average molecular weight is 242 g/mol. The van der Waals surface area contributed by atoms with Gasteiger partial charge < -0.3 is 5.32 Å². The van der Waals surface area contributed by atoms with E-state index >= 15 is 0 Å². The highest BCUT2D eigenvalue weighted by Crippen LogP contribution is 2.28. The van der Waals surface area contributed by atoms with E-state index in [1.165, 1.54) is 24.3 Å². The van der Waals surface area contributed by atoms with Crippen molar-refractivity contribution in [2.75, 3.05) is 6.26 Å². The first-order valence-electron chi connectivity index (χ1n) is 5.45. The maximum Gasteiger partial charge on any atom is 0.107 e. The second-order valence-corrected chi connectivity index (χ2v) is 6.21. The quantitative estimate of drug-likeness (QED) is 0.879. The molecule has 1 aliphatic rings. The van der Waals surface area contributed by atoms with Crippen LogP contribution in [0.1, 0.15) is 30.0 Å². The van der Waals surface area contributed by atoms with Crippen LogP contribution in [0.2, 0.25) is 0 Å². The summed E-state index contributed by atoms with van der Waals surface area (Å²) in [5.41, 5.74) is 1.14. The van der Waals surface area contributed by atoms with Crippen LogP contribution in [0.15, 0.2) is 5.38 Å². The Morgan fingerprint density at radius 3 is 3.07 bits per heavy atom. The molecule has 0 spiro atoms. The van der Waals surface area contributed by atoms with Gasteiger partial charge in [0.1, 0.15) is 5.01 Å². The van der Waals surface area contributed by atoms with E-state index in [1.807, 2.05) is 11.8 Å². The zero-order chi connectivity index (χ0) is 10.7. The van der Waals surface area contributed by atoms with Crippen molar-refractivity contribution >= 4 is 23.1 Å². The summed E-state index contributed by atoms with van der Waals surface area (Å²) < 4.78 is 0. The van der Waals surface area contributed by atoms with Gasteiger partial charge in [-0.15, -0.1) is 11.3 Å². The van der Waals surface area contributed by atoms with Crippen molar-refractivity contribution in [3.8, 4) is 0 Å². The van der Waals surface area contributed by atoms with Gasteiger partial charge in [0, 0.05) is 28.9 Å². The van der Waals surface area contributed by atoms with Crippen LogP contribution in [-0.4, -0.2) is 22.5 Å². The minimum absolute atomic E-state index is 0.714. The van der Waals surface area contributed by atoms with E-state index in [0.717, 1.165) is 17.5 Å². The number of hydrogen-bond acceptors (Lipinski definition) is 4. The molecule has 2 nitrogen and oxygen atoms in total. The van der Waals surface area contributed by atoms with Gasteiger partial charge in [-0.05, 0) is 32.4 Å². The smallest absolute Gasteiger partial charge is 0.107 e. The summed E-state index contributed by atoms with van der Waals surface area (Å²) >= 11 is 3.77. The maximum atomic E-state index is 4.46. The number of aromatic nitrogens is 1. The van der Waals surface area contributed by atoms with Gasteiger partial charge >= 0.3 is 0 Å². The molecule has 1 aromatic heterocycles. The topological polar surface area (TPSA) is 24.9 Å². The summed E-state index contributed by atoms with van der Waals surface area (Å²) in [7, 11) is 0. The van der Waals surface area contributed by atoms with Crippen LogP contribution in [0.25, 0.3) is 0 Å². The highest BCUT2D eigenvalue weighted by atomic mass is 32.2. The molecule has 1 fully saturated rings. The third kappa shape index (κ3) is 3.20. The first-order chi connectivity index (χ1) is 7.28. The van der Waals surface area contributed by atoms with Gasteiger partial charge in [0.05, 0.1) is 0 Å². The number of hydrogen-bond donors (Lipinski definition) is 1. The Morgan fingerprint density at radius 1 is 1.60 bits per heavy atom. The molecule has 2 unspecified atom stereocenters. The van der Waals surface area contributed by atoms with Crippen molar-refractivity contribution in [1.82, 2.24) is 10.3 Å². The van der Waals surface area contributed by atoms with Crippen molar-refractivity contribution < 1.29 is 0 Å². The molecule has 0 amide bonds. The fourth-order valence-corrected chi connectivity index (χ4v) is 3.57. The molecule has 4 heteroatoms. The van der Waals surface area contributed by atoms with Gasteiger partial charge in [-0.25, -0.2) is 4.98 Å². The van der Waals surface area contributed by atoms with Gasteiger partial charge in [0.15, 0.2) is 0 Å². The fourth-order valence-electron chi connectivity index (χ4n) is 2.06. The Bertz CT molecular complexity index is 311. The van der Waals surface area contributed by atoms with Gasteiger partial charge in [-0.3, -0.25) is 0 Å². The number of aryl methyl sites for hydroxylation is 1. The minimum Gasteiger partial charge on any atom is -0.308 e. The van der Waals surface area contributed by atoms with Crippen molar-refractivity contribution in [2.24, 2.45) is 0 Å². The molecule has 15 heavy (non-hydrogen) atoms. The minimum atomic E-state index is 0.714. The first kappa shape index (κ1) is 11.4. The monoisotopic (exact) mass is 242 g/mol. The Balaban J connectivity index is 1.75. The third-order valence-corrected chi connectivity index (χ3v) is 4.99. The van der Waals surface area contributed by atoms with E-state index in [9.17, 15) is 0 Å². The van der Waals surface area contributed by atoms with E-state index in [0.29, 0.717) is 6.04 Å². The Morgan fingerprint density at radius 2 is 2.47 bits per heavy atom. The Kier molecular flexibility index (Phi) is 4.05. The molecule has 1 aromatic rings. The van der Waals surface area contributed by atoms with Crippen LogP contribution in [0, 0.1) is 6.92 Å². The van der Waals surface area contributed by atoms with E-state index in [-0.39, 0.29) is 0 Å². The summed E-state index contributed by atoms with van der Waals surface area (Å²) in [4.78, 5) is 4.46. The van der Waals surface area contributed by atoms with Gasteiger partial charge in [0.2, 0.25) is 0 Å². The predicted molar refractivity (Wildman–Crippen MR) is 68.6 cm³/mol. The van der Waals surface area contributed by atoms with Crippen molar-refractivity contribution in [3.05, 3.63) is 16.1 Å². The van der Waals surface area contributed by atoms with Crippen molar-refractivity contribution in [3.63, 3.8) is 0 Å². The molecule has 2 rings (SSSR count). The molecule has 1 aliphatic carbocycles. The van der Waals surface area contributed by atoms with Gasteiger partial charge in [0.25, 0.3) is 0 Å². The molecule has 1 N–H and O–H groups in total. The average Bonchev–Trinajstić information content (AvgIpc) is 2.83. The summed E-state index contributed by atoms with van der Waals surface area (Å²) in [5, 5.41) is 7.83. The molecule has 0 aliphatic heterocycles. The Hall–Kier alpha value is -0.0600. The lowest BCUT2D eigenvalue weighted by Gasteiger charge is -2.10. The lowest BCUT2D eigenvalue weighted by molar-refractivity contribution is 0.524. The highest BCUT2D eigenvalue weighted by molar-refractivity contribution is 7.99. The largest absolute Gasteiger partial charge is 0.308 e. The van der Waals surface area contributed by atoms with Crippen molar-refractivity contribution in [2.45, 2.75) is 44.0 Å². The van der Waals surface area contributed by atoms with E-state index in [4.69, 9.17) is 0 Å². The molecule has 84 valence electrons. The maximum absolute atomic E-state index is 4.46. The van der Waals surface area contributed by atoms with Crippen LogP contribution < -0.4 is 5.32 Å². The molecule has 0 saturated heterocycles. The molecule has 1 saturated carbocycles. The SMILES string of the molecule is CSC1CCC(NCc2nc(C)cs2)C1.